The summed E-state index contributed by atoms with van der Waals surface area (Å²) in [6, 6.07) is 19.1. The van der Waals surface area contributed by atoms with Crippen molar-refractivity contribution in [3.05, 3.63) is 93.0 Å². The van der Waals surface area contributed by atoms with Crippen molar-refractivity contribution in [1.29, 1.82) is 0 Å². The summed E-state index contributed by atoms with van der Waals surface area (Å²) >= 11 is 12.2. The molecule has 0 bridgehead atoms. The van der Waals surface area contributed by atoms with Gasteiger partial charge in [-0.1, -0.05) is 48.3 Å². The number of piperidine rings is 1. The predicted octanol–water partition coefficient (Wildman–Crippen LogP) is 8.22. The molecule has 0 aliphatic carbocycles. The molecule has 220 valence electrons. The molecule has 1 saturated heterocycles. The van der Waals surface area contributed by atoms with Gasteiger partial charge in [-0.2, -0.15) is 20.1 Å². The quantitative estimate of drug-likeness (QED) is 0.143. The van der Waals surface area contributed by atoms with Crippen LogP contribution in [0.15, 0.2) is 65.8 Å². The molecule has 4 aromatic rings. The van der Waals surface area contributed by atoms with Gasteiger partial charge in [-0.25, -0.2) is 5.43 Å². The Balaban J connectivity index is 0.00000405. The van der Waals surface area contributed by atoms with Crippen LogP contribution in [0.25, 0.3) is 0 Å². The highest BCUT2D eigenvalue weighted by molar-refractivity contribution is 6.35. The summed E-state index contributed by atoms with van der Waals surface area (Å²) in [7, 11) is 0. The highest BCUT2D eigenvalue weighted by atomic mass is 35.5. The Morgan fingerprint density at radius 2 is 1.71 bits per heavy atom. The van der Waals surface area contributed by atoms with Crippen LogP contribution in [-0.2, 0) is 6.61 Å². The van der Waals surface area contributed by atoms with Crippen LogP contribution < -0.4 is 20.4 Å². The number of nitrogens with one attached hydrogen (secondary N) is 2. The maximum absolute atomic E-state index is 6.24. The standard InChI is InChI=1S/C31H33Cl2N7O.ClH/c1-20-13-15-40(16-14-20)31-37-29(35-28-6-4-5-21(2)22(28)3)36-30(38-31)39-34-18-23-7-11-26(12-8-23)41-19-24-9-10-25(32)17-27(24)33;/h4-12,17-18,20H,13-16,19H2,1-3H3,(H2,35,36,37,38,39);1H. The maximum Gasteiger partial charge on any atom is 0.250 e. The normalized spacial score (nSPS) is 13.6. The number of aryl methyl sites for hydroxylation is 1. The summed E-state index contributed by atoms with van der Waals surface area (Å²) in [5.74, 6) is 2.91. The van der Waals surface area contributed by atoms with Gasteiger partial charge >= 0.3 is 0 Å². The van der Waals surface area contributed by atoms with Gasteiger partial charge in [0, 0.05) is 34.4 Å². The van der Waals surface area contributed by atoms with E-state index in [4.69, 9.17) is 32.9 Å². The van der Waals surface area contributed by atoms with E-state index in [-0.39, 0.29) is 12.4 Å². The number of anilines is 4. The van der Waals surface area contributed by atoms with Crippen molar-refractivity contribution in [3.8, 4) is 5.75 Å². The van der Waals surface area contributed by atoms with Crippen molar-refractivity contribution in [2.24, 2.45) is 11.0 Å². The van der Waals surface area contributed by atoms with E-state index in [0.717, 1.165) is 54.1 Å². The molecule has 3 aromatic carbocycles. The molecular formula is C31H34Cl3N7O. The van der Waals surface area contributed by atoms with Crippen molar-refractivity contribution < 1.29 is 4.74 Å². The number of hydrogen-bond donors (Lipinski definition) is 2. The van der Waals surface area contributed by atoms with E-state index in [1.165, 1.54) is 5.56 Å². The fourth-order valence-corrected chi connectivity index (χ4v) is 4.91. The Kier molecular flexibility index (Phi) is 10.8. The minimum Gasteiger partial charge on any atom is -0.489 e. The van der Waals surface area contributed by atoms with Crippen molar-refractivity contribution in [1.82, 2.24) is 15.0 Å². The molecule has 5 rings (SSSR count). The van der Waals surface area contributed by atoms with Crippen LogP contribution in [0, 0.1) is 19.8 Å². The van der Waals surface area contributed by atoms with Crippen LogP contribution in [0.5, 0.6) is 5.75 Å². The summed E-state index contributed by atoms with van der Waals surface area (Å²) in [6.45, 7) is 8.63. The fourth-order valence-electron chi connectivity index (χ4n) is 4.44. The van der Waals surface area contributed by atoms with Crippen molar-refractivity contribution in [2.45, 2.75) is 40.2 Å². The Labute approximate surface area is 263 Å². The number of nitrogens with zero attached hydrogens (tertiary/aromatic N) is 5. The van der Waals surface area contributed by atoms with Gasteiger partial charge in [-0.15, -0.1) is 12.4 Å². The van der Waals surface area contributed by atoms with Crippen LogP contribution in [0.2, 0.25) is 10.0 Å². The second-order valence-electron chi connectivity index (χ2n) is 10.3. The molecule has 0 radical (unpaired) electrons. The van der Waals surface area contributed by atoms with Gasteiger partial charge < -0.3 is 15.0 Å². The number of benzene rings is 3. The van der Waals surface area contributed by atoms with Crippen molar-refractivity contribution in [2.75, 3.05) is 28.7 Å². The number of halogens is 3. The zero-order valence-electron chi connectivity index (χ0n) is 23.8. The van der Waals surface area contributed by atoms with E-state index in [1.54, 1.807) is 18.3 Å². The summed E-state index contributed by atoms with van der Waals surface area (Å²) in [5, 5.41) is 8.94. The Morgan fingerprint density at radius 3 is 2.45 bits per heavy atom. The molecule has 1 fully saturated rings. The maximum atomic E-state index is 6.24. The molecule has 0 unspecified atom stereocenters. The SMILES string of the molecule is Cc1cccc(Nc2nc(NN=Cc3ccc(OCc4ccc(Cl)cc4Cl)cc3)nc(N3CCC(C)CC3)n2)c1C.Cl. The first-order valence-electron chi connectivity index (χ1n) is 13.6. The molecular weight excluding hydrogens is 593 g/mol. The van der Waals surface area contributed by atoms with E-state index in [0.29, 0.717) is 40.4 Å². The third kappa shape index (κ3) is 8.25. The average molecular weight is 627 g/mol. The van der Waals surface area contributed by atoms with Gasteiger partial charge in [0.15, 0.2) is 0 Å². The highest BCUT2D eigenvalue weighted by Crippen LogP contribution is 2.26. The van der Waals surface area contributed by atoms with E-state index in [2.05, 4.69) is 57.5 Å². The lowest BCUT2D eigenvalue weighted by Gasteiger charge is -2.30. The molecule has 0 saturated carbocycles. The number of hydrazone groups is 1. The van der Waals surface area contributed by atoms with E-state index in [1.807, 2.05) is 42.5 Å². The second kappa shape index (κ2) is 14.5. The monoisotopic (exact) mass is 625 g/mol. The molecule has 1 aliphatic heterocycles. The lowest BCUT2D eigenvalue weighted by molar-refractivity contribution is 0.306. The Hall–Kier alpha value is -3.59. The number of ether oxygens (including phenoxy) is 1. The molecule has 8 nitrogen and oxygen atoms in total. The van der Waals surface area contributed by atoms with Crippen molar-refractivity contribution in [3.63, 3.8) is 0 Å². The summed E-state index contributed by atoms with van der Waals surface area (Å²) < 4.78 is 5.87. The van der Waals surface area contributed by atoms with Gasteiger partial charge in [-0.05, 0) is 91.8 Å². The van der Waals surface area contributed by atoms with Crippen LogP contribution in [0.4, 0.5) is 23.5 Å². The first kappa shape index (κ1) is 31.3. The average Bonchev–Trinajstić information content (AvgIpc) is 2.96. The lowest BCUT2D eigenvalue weighted by Crippen LogP contribution is -2.34. The van der Waals surface area contributed by atoms with E-state index in [9.17, 15) is 0 Å². The first-order valence-corrected chi connectivity index (χ1v) is 14.4. The van der Waals surface area contributed by atoms with Crippen molar-refractivity contribution >= 4 is 65.4 Å². The molecule has 2 heterocycles. The fraction of sp³-hybridized carbons (Fsp3) is 0.290. The summed E-state index contributed by atoms with van der Waals surface area (Å²) in [6.07, 6.45) is 3.93. The zero-order chi connectivity index (χ0) is 28.8. The molecule has 1 aromatic heterocycles. The van der Waals surface area contributed by atoms with E-state index >= 15 is 0 Å². The van der Waals surface area contributed by atoms with Crippen LogP contribution in [0.1, 0.15) is 42.0 Å². The molecule has 11 heteroatoms. The molecule has 0 atom stereocenters. The minimum atomic E-state index is 0. The largest absolute Gasteiger partial charge is 0.489 e. The van der Waals surface area contributed by atoms with Gasteiger partial charge in [0.1, 0.15) is 12.4 Å². The first-order chi connectivity index (χ1) is 19.8. The van der Waals surface area contributed by atoms with Crippen LogP contribution in [-0.4, -0.2) is 34.3 Å². The smallest absolute Gasteiger partial charge is 0.250 e. The molecule has 0 amide bonds. The molecule has 42 heavy (non-hydrogen) atoms. The topological polar surface area (TPSA) is 87.6 Å². The van der Waals surface area contributed by atoms with Gasteiger partial charge in [0.25, 0.3) is 0 Å². The predicted molar refractivity (Wildman–Crippen MR) is 175 cm³/mol. The van der Waals surface area contributed by atoms with Gasteiger partial charge in [0.05, 0.1) is 6.21 Å². The third-order valence-electron chi connectivity index (χ3n) is 7.21. The third-order valence-corrected chi connectivity index (χ3v) is 7.80. The lowest BCUT2D eigenvalue weighted by atomic mass is 10.00. The van der Waals surface area contributed by atoms with Crippen LogP contribution >= 0.6 is 35.6 Å². The minimum absolute atomic E-state index is 0. The summed E-state index contributed by atoms with van der Waals surface area (Å²) in [5.41, 5.74) is 8.06. The Morgan fingerprint density at radius 1 is 0.976 bits per heavy atom. The number of aromatic nitrogens is 3. The van der Waals surface area contributed by atoms with E-state index < -0.39 is 0 Å². The molecule has 2 N–H and O–H groups in total. The van der Waals surface area contributed by atoms with Crippen LogP contribution in [0.3, 0.4) is 0 Å². The number of hydrogen-bond acceptors (Lipinski definition) is 8. The number of rotatable bonds is 9. The zero-order valence-corrected chi connectivity index (χ0v) is 26.1. The molecule has 0 spiro atoms. The second-order valence-corrected chi connectivity index (χ2v) is 11.1. The van der Waals surface area contributed by atoms with Gasteiger partial charge in [-0.3, -0.25) is 0 Å². The summed E-state index contributed by atoms with van der Waals surface area (Å²) in [4.78, 5) is 16.2. The Bertz CT molecular complexity index is 1520. The van der Waals surface area contributed by atoms with Gasteiger partial charge in [0.2, 0.25) is 17.8 Å². The molecule has 1 aliphatic rings. The highest BCUT2D eigenvalue weighted by Gasteiger charge is 2.20.